The van der Waals surface area contributed by atoms with E-state index in [0.29, 0.717) is 0 Å². The molecule has 0 rings (SSSR count). The normalized spacial score (nSPS) is 7.25. The van der Waals surface area contributed by atoms with E-state index in [0.717, 1.165) is 0 Å². The van der Waals surface area contributed by atoms with Gasteiger partial charge in [-0.1, -0.05) is 0 Å². The van der Waals surface area contributed by atoms with Crippen LogP contribution in [0, 0.1) is 0 Å². The van der Waals surface area contributed by atoms with Crippen LogP contribution in [0.15, 0.2) is 0 Å². The summed E-state index contributed by atoms with van der Waals surface area (Å²) in [5.41, 5.74) is 0. The largest absolute Gasteiger partial charge is 2.00 e. The Bertz CT molecular complexity index is 93.6. The number of rotatable bonds is 0. The average Bonchev–Trinajstić information content (AvgIpc) is 0.722. The van der Waals surface area contributed by atoms with Crippen molar-refractivity contribution in [1.29, 1.82) is 0 Å². The predicted octanol–water partition coefficient (Wildman–Crippen LogP) is -1.52. The SMILES string of the molecule is O=S(=O)([O-])[O-].[OH-].[Zn+2].[Zn+2]. The van der Waals surface area contributed by atoms with Crippen LogP contribution < -0.4 is 0 Å². The molecule has 0 bridgehead atoms. The second-order valence-electron chi connectivity index (χ2n) is 0.408. The van der Waals surface area contributed by atoms with Crippen molar-refractivity contribution in [2.75, 3.05) is 0 Å². The second kappa shape index (κ2) is 8.08. The van der Waals surface area contributed by atoms with E-state index in [2.05, 4.69) is 0 Å². The van der Waals surface area contributed by atoms with Crippen LogP contribution in [0.3, 0.4) is 0 Å². The third kappa shape index (κ3) is 225. The molecule has 0 aromatic rings. The van der Waals surface area contributed by atoms with Gasteiger partial charge in [-0.25, -0.2) is 0 Å². The van der Waals surface area contributed by atoms with Crippen LogP contribution in [0.5, 0.6) is 0 Å². The van der Waals surface area contributed by atoms with Crippen LogP contribution in [-0.4, -0.2) is 23.0 Å². The van der Waals surface area contributed by atoms with Gasteiger partial charge < -0.3 is 14.6 Å². The van der Waals surface area contributed by atoms with Gasteiger partial charge in [0.25, 0.3) is 0 Å². The minimum absolute atomic E-state index is 0. The third-order valence-electron chi connectivity index (χ3n) is 0. The Morgan fingerprint density at radius 3 is 1.00 bits per heavy atom. The first-order valence-corrected chi connectivity index (χ1v) is 2.00. The van der Waals surface area contributed by atoms with Crippen molar-refractivity contribution >= 4 is 10.4 Å². The van der Waals surface area contributed by atoms with Gasteiger partial charge in [0.15, 0.2) is 0 Å². The van der Waals surface area contributed by atoms with Crippen LogP contribution in [0.4, 0.5) is 0 Å². The van der Waals surface area contributed by atoms with Crippen molar-refractivity contribution in [3.8, 4) is 0 Å². The van der Waals surface area contributed by atoms with E-state index >= 15 is 0 Å². The Kier molecular flexibility index (Phi) is 23.2. The standard InChI is InChI=1S/H2O4S.H2O.2Zn/c1-5(2,3)4;;;/h(H2,1,2,3,4);1H2;;/q;;2*+2/p-3. The molecule has 0 aliphatic heterocycles. The first-order chi connectivity index (χ1) is 2.00. The van der Waals surface area contributed by atoms with Gasteiger partial charge in [0.2, 0.25) is 0 Å². The molecular weight excluding hydrogens is 243 g/mol. The van der Waals surface area contributed by atoms with Crippen molar-refractivity contribution in [3.05, 3.63) is 0 Å². The van der Waals surface area contributed by atoms with Crippen molar-refractivity contribution < 1.29 is 62.0 Å². The van der Waals surface area contributed by atoms with E-state index in [1.54, 1.807) is 0 Å². The fourth-order valence-electron chi connectivity index (χ4n) is 0. The molecule has 0 unspecified atom stereocenters. The van der Waals surface area contributed by atoms with Gasteiger partial charge in [-0.2, -0.15) is 0 Å². The van der Waals surface area contributed by atoms with E-state index in [1.807, 2.05) is 0 Å². The molecule has 0 heterocycles. The molecule has 0 aliphatic rings. The monoisotopic (exact) mass is 241 g/mol. The average molecular weight is 244 g/mol. The maximum absolute atomic E-state index is 8.52. The van der Waals surface area contributed by atoms with Crippen molar-refractivity contribution in [2.24, 2.45) is 0 Å². The molecule has 0 amide bonds. The van der Waals surface area contributed by atoms with Crippen LogP contribution in [-0.2, 0) is 49.4 Å². The van der Waals surface area contributed by atoms with Gasteiger partial charge in [-0.3, -0.25) is 8.42 Å². The Morgan fingerprint density at radius 2 is 1.00 bits per heavy atom. The molecule has 0 aromatic heterocycles. The molecule has 8 heavy (non-hydrogen) atoms. The van der Waals surface area contributed by atoms with Crippen molar-refractivity contribution in [2.45, 2.75) is 0 Å². The van der Waals surface area contributed by atoms with Crippen LogP contribution in [0.2, 0.25) is 0 Å². The summed E-state index contributed by atoms with van der Waals surface area (Å²) in [7, 11) is -5.17. The minimum atomic E-state index is -5.17. The van der Waals surface area contributed by atoms with Gasteiger partial charge >= 0.3 is 39.0 Å². The van der Waals surface area contributed by atoms with E-state index in [4.69, 9.17) is 17.5 Å². The van der Waals surface area contributed by atoms with Gasteiger partial charge in [0.1, 0.15) is 0 Å². The van der Waals surface area contributed by atoms with Crippen LogP contribution in [0.1, 0.15) is 0 Å². The summed E-state index contributed by atoms with van der Waals surface area (Å²) in [5, 5.41) is 0. The zero-order chi connectivity index (χ0) is 4.50. The number of hydrogen-bond donors (Lipinski definition) is 0. The molecule has 8 heteroatoms. The first-order valence-electron chi connectivity index (χ1n) is 0.667. The quantitative estimate of drug-likeness (QED) is 0.292. The van der Waals surface area contributed by atoms with Crippen molar-refractivity contribution in [1.82, 2.24) is 0 Å². The Labute approximate surface area is 72.3 Å². The molecule has 0 saturated carbocycles. The summed E-state index contributed by atoms with van der Waals surface area (Å²) >= 11 is 0. The molecule has 0 aliphatic carbocycles. The van der Waals surface area contributed by atoms with E-state index in [-0.39, 0.29) is 44.4 Å². The molecule has 0 aromatic carbocycles. The summed E-state index contributed by atoms with van der Waals surface area (Å²) in [4.78, 5) is 0. The maximum atomic E-state index is 8.52. The molecule has 40 valence electrons. The Morgan fingerprint density at radius 1 is 1.00 bits per heavy atom. The molecular formula is HO5SZn2+. The topological polar surface area (TPSA) is 110 Å². The predicted molar refractivity (Wildman–Crippen MR) is 12.4 cm³/mol. The van der Waals surface area contributed by atoms with Crippen LogP contribution in [0.25, 0.3) is 0 Å². The molecule has 5 nitrogen and oxygen atoms in total. The van der Waals surface area contributed by atoms with Crippen molar-refractivity contribution in [3.63, 3.8) is 0 Å². The summed E-state index contributed by atoms with van der Waals surface area (Å²) in [6.45, 7) is 0. The van der Waals surface area contributed by atoms with Gasteiger partial charge in [0, 0.05) is 10.4 Å². The van der Waals surface area contributed by atoms with E-state index in [1.165, 1.54) is 0 Å². The zero-order valence-corrected chi connectivity index (χ0v) is 10.7. The summed E-state index contributed by atoms with van der Waals surface area (Å²) < 4.78 is 34.1. The molecule has 0 atom stereocenters. The Balaban J connectivity index is -0.0000000267. The second-order valence-corrected chi connectivity index (χ2v) is 1.22. The fraction of sp³-hybridized carbons (Fsp3) is 0. The first kappa shape index (κ1) is 23.0. The Hall–Kier alpha value is 1.08. The third-order valence-corrected chi connectivity index (χ3v) is 0. The maximum Gasteiger partial charge on any atom is 2.00 e. The molecule has 0 spiro atoms. The molecule has 0 radical (unpaired) electrons. The minimum Gasteiger partial charge on any atom is -0.870 e. The molecule has 0 fully saturated rings. The summed E-state index contributed by atoms with van der Waals surface area (Å²) in [6, 6.07) is 0. The molecule has 0 saturated heterocycles. The fourth-order valence-corrected chi connectivity index (χ4v) is 0. The van der Waals surface area contributed by atoms with Crippen LogP contribution >= 0.6 is 0 Å². The summed E-state index contributed by atoms with van der Waals surface area (Å²) in [6.07, 6.45) is 0. The van der Waals surface area contributed by atoms with Gasteiger partial charge in [-0.15, -0.1) is 0 Å². The smallest absolute Gasteiger partial charge is 0.870 e. The van der Waals surface area contributed by atoms with E-state index < -0.39 is 10.4 Å². The van der Waals surface area contributed by atoms with E-state index in [9.17, 15) is 0 Å². The molecule has 1 N–H and O–H groups in total. The summed E-state index contributed by atoms with van der Waals surface area (Å²) in [5.74, 6) is 0. The van der Waals surface area contributed by atoms with Gasteiger partial charge in [0.05, 0.1) is 0 Å². The number of hydrogen-bond acceptors (Lipinski definition) is 5. The zero-order valence-electron chi connectivity index (χ0n) is 3.90. The van der Waals surface area contributed by atoms with Gasteiger partial charge in [-0.05, 0) is 0 Å².